The molecule has 0 unspecified atom stereocenters. The molecule has 5 rings (SSSR count). The van der Waals surface area contributed by atoms with Crippen molar-refractivity contribution in [1.82, 2.24) is 15.1 Å². The van der Waals surface area contributed by atoms with Gasteiger partial charge in [0.25, 0.3) is 0 Å². The van der Waals surface area contributed by atoms with Gasteiger partial charge in [0, 0.05) is 69.2 Å². The third kappa shape index (κ3) is 6.17. The second-order valence-corrected chi connectivity index (χ2v) is 10.1. The summed E-state index contributed by atoms with van der Waals surface area (Å²) < 4.78 is 27.4. The number of aryl methyl sites for hydroxylation is 1. The first-order chi connectivity index (χ1) is 18.0. The van der Waals surface area contributed by atoms with E-state index in [1.807, 2.05) is 23.1 Å². The van der Waals surface area contributed by atoms with Crippen LogP contribution >= 0.6 is 0 Å². The fourth-order valence-corrected chi connectivity index (χ4v) is 5.37. The molecule has 2 heterocycles. The third-order valence-electron chi connectivity index (χ3n) is 7.50. The number of hydrogen-bond donors (Lipinski definition) is 1. The molecule has 7 heteroatoms. The fourth-order valence-electron chi connectivity index (χ4n) is 5.37. The summed E-state index contributed by atoms with van der Waals surface area (Å²) in [5.41, 5.74) is 4.02. The zero-order chi connectivity index (χ0) is 25.8. The molecule has 0 aliphatic carbocycles. The highest BCUT2D eigenvalue weighted by Crippen LogP contribution is 2.25. The number of carbonyl (C=O) groups is 1. The van der Waals surface area contributed by atoms with Gasteiger partial charge in [-0.2, -0.15) is 0 Å². The van der Waals surface area contributed by atoms with Gasteiger partial charge in [-0.25, -0.2) is 8.78 Å². The topological polar surface area (TPSA) is 38.8 Å². The molecular weight excluding hydrogens is 470 g/mol. The predicted molar refractivity (Wildman–Crippen MR) is 142 cm³/mol. The van der Waals surface area contributed by atoms with Crippen molar-refractivity contribution in [3.8, 4) is 0 Å². The first-order valence-electron chi connectivity index (χ1n) is 13.0. The Balaban J connectivity index is 1.24. The van der Waals surface area contributed by atoms with Gasteiger partial charge in [0.05, 0.1) is 6.04 Å². The van der Waals surface area contributed by atoms with E-state index in [4.69, 9.17) is 0 Å². The highest BCUT2D eigenvalue weighted by molar-refractivity contribution is 5.82. The van der Waals surface area contributed by atoms with Crippen LogP contribution in [0.25, 0.3) is 0 Å². The minimum Gasteiger partial charge on any atom is -0.368 e. The van der Waals surface area contributed by atoms with E-state index in [1.54, 1.807) is 0 Å². The summed E-state index contributed by atoms with van der Waals surface area (Å²) in [6, 6.07) is 22.2. The summed E-state index contributed by atoms with van der Waals surface area (Å²) in [7, 11) is 0. The summed E-state index contributed by atoms with van der Waals surface area (Å²) in [5, 5.41) is 3.41. The van der Waals surface area contributed by atoms with Crippen molar-refractivity contribution in [3.05, 3.63) is 101 Å². The number of nitrogens with one attached hydrogen (secondary N) is 1. The molecular formula is C30H34F2N4O. The first kappa shape index (κ1) is 25.4. The van der Waals surface area contributed by atoms with Crippen LogP contribution < -0.4 is 10.2 Å². The van der Waals surface area contributed by atoms with Gasteiger partial charge in [0.1, 0.15) is 11.6 Å². The molecule has 2 atom stereocenters. The maximum atomic E-state index is 14.2. The van der Waals surface area contributed by atoms with Crippen molar-refractivity contribution in [2.24, 2.45) is 0 Å². The number of piperazine rings is 1. The van der Waals surface area contributed by atoms with E-state index in [9.17, 15) is 13.6 Å². The minimum atomic E-state index is -0.579. The Labute approximate surface area is 217 Å². The summed E-state index contributed by atoms with van der Waals surface area (Å²) in [6.07, 6.45) is 0.659. The van der Waals surface area contributed by atoms with E-state index in [1.165, 1.54) is 23.4 Å². The van der Waals surface area contributed by atoms with Crippen LogP contribution in [0.15, 0.2) is 72.8 Å². The number of anilines is 1. The summed E-state index contributed by atoms with van der Waals surface area (Å²) >= 11 is 0. The van der Waals surface area contributed by atoms with Crippen molar-refractivity contribution in [3.63, 3.8) is 0 Å². The predicted octanol–water partition coefficient (Wildman–Crippen LogP) is 4.35. The number of amides is 1. The molecule has 0 radical (unpaired) electrons. The van der Waals surface area contributed by atoms with Gasteiger partial charge in [-0.1, -0.05) is 54.1 Å². The molecule has 2 fully saturated rings. The number of halogens is 2. The van der Waals surface area contributed by atoms with Crippen molar-refractivity contribution in [2.75, 3.05) is 37.6 Å². The summed E-state index contributed by atoms with van der Waals surface area (Å²) in [5.74, 6) is -0.966. The molecule has 0 aromatic heterocycles. The lowest BCUT2D eigenvalue weighted by Crippen LogP contribution is -2.53. The molecule has 37 heavy (non-hydrogen) atoms. The SMILES string of the molecule is Cc1ccc(N2CCN(C(=O)[C@@H]3C[C@H](NCc4ccc(F)cc4F)CN3Cc3ccccc3)CC2)cc1. The van der Waals surface area contributed by atoms with Gasteiger partial charge < -0.3 is 15.1 Å². The molecule has 0 spiro atoms. The van der Waals surface area contributed by atoms with Crippen LogP contribution in [0, 0.1) is 18.6 Å². The molecule has 3 aromatic carbocycles. The average Bonchev–Trinajstić information content (AvgIpc) is 3.31. The van der Waals surface area contributed by atoms with Crippen LogP contribution in [0.5, 0.6) is 0 Å². The zero-order valence-corrected chi connectivity index (χ0v) is 21.2. The van der Waals surface area contributed by atoms with Crippen molar-refractivity contribution in [1.29, 1.82) is 0 Å². The van der Waals surface area contributed by atoms with E-state index >= 15 is 0 Å². The number of benzene rings is 3. The van der Waals surface area contributed by atoms with Crippen LogP contribution in [0.2, 0.25) is 0 Å². The van der Waals surface area contributed by atoms with Gasteiger partial charge >= 0.3 is 0 Å². The van der Waals surface area contributed by atoms with Crippen molar-refractivity contribution >= 4 is 11.6 Å². The third-order valence-corrected chi connectivity index (χ3v) is 7.50. The van der Waals surface area contributed by atoms with Crippen LogP contribution in [-0.4, -0.2) is 60.5 Å². The maximum Gasteiger partial charge on any atom is 0.240 e. The molecule has 2 aliphatic heterocycles. The molecule has 0 saturated carbocycles. The molecule has 1 N–H and O–H groups in total. The van der Waals surface area contributed by atoms with Crippen LogP contribution in [0.1, 0.15) is 23.1 Å². The lowest BCUT2D eigenvalue weighted by Gasteiger charge is -2.38. The van der Waals surface area contributed by atoms with Gasteiger partial charge in [0.2, 0.25) is 5.91 Å². The number of likely N-dealkylation sites (tertiary alicyclic amines) is 1. The van der Waals surface area contributed by atoms with E-state index in [-0.39, 0.29) is 18.0 Å². The largest absolute Gasteiger partial charge is 0.368 e. The zero-order valence-electron chi connectivity index (χ0n) is 21.2. The quantitative estimate of drug-likeness (QED) is 0.519. The van der Waals surface area contributed by atoms with Gasteiger partial charge in [-0.15, -0.1) is 0 Å². The number of nitrogens with zero attached hydrogens (tertiary/aromatic N) is 3. The van der Waals surface area contributed by atoms with E-state index in [2.05, 4.69) is 58.4 Å². The van der Waals surface area contributed by atoms with Gasteiger partial charge in [0.15, 0.2) is 0 Å². The summed E-state index contributed by atoms with van der Waals surface area (Å²) in [6.45, 7) is 6.77. The van der Waals surface area contributed by atoms with Gasteiger partial charge in [-0.05, 0) is 37.1 Å². The number of hydrogen-bond acceptors (Lipinski definition) is 4. The summed E-state index contributed by atoms with van der Waals surface area (Å²) in [4.78, 5) is 20.3. The Kier molecular flexibility index (Phi) is 7.82. The molecule has 194 valence electrons. The number of carbonyl (C=O) groups excluding carboxylic acids is 1. The molecule has 1 amide bonds. The monoisotopic (exact) mass is 504 g/mol. The molecule has 3 aromatic rings. The second kappa shape index (κ2) is 11.4. The van der Waals surface area contributed by atoms with E-state index in [0.717, 1.165) is 24.7 Å². The Morgan fingerprint density at radius 2 is 1.68 bits per heavy atom. The second-order valence-electron chi connectivity index (χ2n) is 10.1. The van der Waals surface area contributed by atoms with Crippen molar-refractivity contribution < 1.29 is 13.6 Å². The van der Waals surface area contributed by atoms with Crippen LogP contribution in [0.3, 0.4) is 0 Å². The van der Waals surface area contributed by atoms with Crippen molar-refractivity contribution in [2.45, 2.75) is 38.5 Å². The van der Waals surface area contributed by atoms with Crippen LogP contribution in [-0.2, 0) is 17.9 Å². The lowest BCUT2D eigenvalue weighted by molar-refractivity contribution is -0.136. The Morgan fingerprint density at radius 3 is 2.38 bits per heavy atom. The Hall–Kier alpha value is -3.29. The lowest BCUT2D eigenvalue weighted by atomic mass is 10.1. The standard InChI is InChI=1S/C30H34F2N4O/c1-22-7-11-27(12-8-22)34-13-15-35(16-14-34)30(37)29-18-26(21-36(29)20-23-5-3-2-4-6-23)33-19-24-9-10-25(31)17-28(24)32/h2-12,17,26,29,33H,13-16,18-21H2,1H3/t26-,29-/m0/s1. The molecule has 2 saturated heterocycles. The molecule has 5 nitrogen and oxygen atoms in total. The normalized spacial score (nSPS) is 20.4. The first-order valence-corrected chi connectivity index (χ1v) is 13.0. The van der Waals surface area contributed by atoms with E-state index in [0.29, 0.717) is 44.7 Å². The Bertz CT molecular complexity index is 1200. The maximum absolute atomic E-state index is 14.2. The molecule has 2 aliphatic rings. The highest BCUT2D eigenvalue weighted by Gasteiger charge is 2.39. The van der Waals surface area contributed by atoms with Crippen LogP contribution in [0.4, 0.5) is 14.5 Å². The Morgan fingerprint density at radius 1 is 0.946 bits per heavy atom. The number of rotatable bonds is 7. The smallest absolute Gasteiger partial charge is 0.240 e. The average molecular weight is 505 g/mol. The highest BCUT2D eigenvalue weighted by atomic mass is 19.1. The fraction of sp³-hybridized carbons (Fsp3) is 0.367. The minimum absolute atomic E-state index is 0.0379. The van der Waals surface area contributed by atoms with E-state index < -0.39 is 11.6 Å². The van der Waals surface area contributed by atoms with Gasteiger partial charge in [-0.3, -0.25) is 9.69 Å². The molecule has 0 bridgehead atoms.